The maximum Gasteiger partial charge on any atom is 0.322 e. The van der Waals surface area contributed by atoms with E-state index in [0.29, 0.717) is 25.6 Å². The first-order valence-corrected chi connectivity index (χ1v) is 9.17. The van der Waals surface area contributed by atoms with Crippen molar-refractivity contribution in [2.45, 2.75) is 50.9 Å². The molecule has 2 aliphatic heterocycles. The summed E-state index contributed by atoms with van der Waals surface area (Å²) in [6.45, 7) is 2.98. The smallest absolute Gasteiger partial charge is 0.322 e. The first kappa shape index (κ1) is 16.4. The van der Waals surface area contributed by atoms with E-state index in [-0.39, 0.29) is 30.1 Å². The summed E-state index contributed by atoms with van der Waals surface area (Å²) in [5, 5.41) is 6.10. The number of rotatable bonds is 3. The van der Waals surface area contributed by atoms with Crippen LogP contribution in [0, 0.1) is 12.8 Å². The predicted molar refractivity (Wildman–Crippen MR) is 94.3 cm³/mol. The van der Waals surface area contributed by atoms with Crippen LogP contribution < -0.4 is 10.6 Å². The number of fused-ring (bicyclic) bond motifs is 2. The van der Waals surface area contributed by atoms with Gasteiger partial charge in [0.25, 0.3) is 0 Å². The summed E-state index contributed by atoms with van der Waals surface area (Å²) in [6, 6.07) is 7.95. The Morgan fingerprint density at radius 1 is 1.20 bits per heavy atom. The first-order chi connectivity index (χ1) is 12.1. The van der Waals surface area contributed by atoms with Gasteiger partial charge in [-0.05, 0) is 44.2 Å². The second kappa shape index (κ2) is 6.67. The van der Waals surface area contributed by atoms with E-state index in [1.807, 2.05) is 31.2 Å². The van der Waals surface area contributed by atoms with E-state index >= 15 is 0 Å². The van der Waals surface area contributed by atoms with Gasteiger partial charge in [-0.1, -0.05) is 18.2 Å². The summed E-state index contributed by atoms with van der Waals surface area (Å²) in [4.78, 5) is 26.9. The van der Waals surface area contributed by atoms with Gasteiger partial charge in [-0.25, -0.2) is 4.79 Å². The molecule has 1 aliphatic carbocycles. The van der Waals surface area contributed by atoms with E-state index in [9.17, 15) is 9.59 Å². The Kier molecular flexibility index (Phi) is 4.37. The Morgan fingerprint density at radius 2 is 2.00 bits per heavy atom. The van der Waals surface area contributed by atoms with E-state index in [4.69, 9.17) is 4.74 Å². The van der Waals surface area contributed by atoms with E-state index in [1.54, 1.807) is 4.90 Å². The van der Waals surface area contributed by atoms with E-state index in [0.717, 1.165) is 24.1 Å². The molecule has 2 heterocycles. The molecule has 1 aromatic carbocycles. The Balaban J connectivity index is 1.37. The number of urea groups is 1. The number of benzene rings is 1. The van der Waals surface area contributed by atoms with Gasteiger partial charge >= 0.3 is 6.03 Å². The number of nitrogens with zero attached hydrogens (tertiary/aromatic N) is 1. The van der Waals surface area contributed by atoms with Gasteiger partial charge < -0.3 is 20.3 Å². The number of amides is 3. The van der Waals surface area contributed by atoms with Crippen molar-refractivity contribution in [1.82, 2.24) is 10.2 Å². The fourth-order valence-electron chi connectivity index (χ4n) is 3.87. The van der Waals surface area contributed by atoms with Gasteiger partial charge in [0, 0.05) is 24.8 Å². The second-order valence-corrected chi connectivity index (χ2v) is 7.43. The van der Waals surface area contributed by atoms with E-state index in [2.05, 4.69) is 10.6 Å². The van der Waals surface area contributed by atoms with Crippen molar-refractivity contribution in [3.05, 3.63) is 29.8 Å². The molecule has 0 aromatic heterocycles. The summed E-state index contributed by atoms with van der Waals surface area (Å²) >= 11 is 0. The molecule has 3 amide bonds. The number of aryl methyl sites for hydroxylation is 1. The molecule has 3 fully saturated rings. The number of hydrogen-bond acceptors (Lipinski definition) is 3. The summed E-state index contributed by atoms with van der Waals surface area (Å²) in [5.74, 6) is -0.0415. The molecule has 3 aliphatic rings. The Bertz CT molecular complexity index is 674. The normalized spacial score (nSPS) is 28.4. The van der Waals surface area contributed by atoms with E-state index in [1.165, 1.54) is 6.42 Å². The number of hydrogen-bond donors (Lipinski definition) is 2. The highest BCUT2D eigenvalue weighted by Gasteiger charge is 2.46. The maximum absolute atomic E-state index is 12.6. The lowest BCUT2D eigenvalue weighted by Gasteiger charge is -2.33. The SMILES string of the molecule is Cc1ccccc1NC(=O)N1C[C@@H]2C[C@@H](C(=O)NC3CCC3)[C@H](C1)O2. The van der Waals surface area contributed by atoms with Crippen LogP contribution in [0.3, 0.4) is 0 Å². The van der Waals surface area contributed by atoms with Crippen LogP contribution in [0.1, 0.15) is 31.2 Å². The largest absolute Gasteiger partial charge is 0.370 e. The average Bonchev–Trinajstić information content (AvgIpc) is 2.87. The molecule has 0 unspecified atom stereocenters. The maximum atomic E-state index is 12.6. The molecule has 2 bridgehead atoms. The van der Waals surface area contributed by atoms with Crippen LogP contribution in [0.25, 0.3) is 0 Å². The zero-order valence-corrected chi connectivity index (χ0v) is 14.5. The molecular formula is C19H25N3O3. The fraction of sp³-hybridized carbons (Fsp3) is 0.579. The zero-order chi connectivity index (χ0) is 17.4. The molecule has 4 rings (SSSR count). The van der Waals surface area contributed by atoms with Gasteiger partial charge in [-0.2, -0.15) is 0 Å². The molecule has 1 aromatic rings. The minimum absolute atomic E-state index is 0.0430. The third kappa shape index (κ3) is 3.35. The summed E-state index contributed by atoms with van der Waals surface area (Å²) in [5.41, 5.74) is 1.86. The molecule has 0 spiro atoms. The summed E-state index contributed by atoms with van der Waals surface area (Å²) in [6.07, 6.45) is 3.83. The molecule has 2 N–H and O–H groups in total. The Hall–Kier alpha value is -2.08. The van der Waals surface area contributed by atoms with E-state index < -0.39 is 0 Å². The number of morpholine rings is 1. The minimum Gasteiger partial charge on any atom is -0.370 e. The lowest BCUT2D eigenvalue weighted by Crippen LogP contribution is -2.50. The second-order valence-electron chi connectivity index (χ2n) is 7.43. The highest BCUT2D eigenvalue weighted by molar-refractivity contribution is 5.90. The van der Waals surface area contributed by atoms with Crippen LogP contribution >= 0.6 is 0 Å². The van der Waals surface area contributed by atoms with Crippen LogP contribution in [0.2, 0.25) is 0 Å². The van der Waals surface area contributed by atoms with Crippen molar-refractivity contribution in [3.8, 4) is 0 Å². The highest BCUT2D eigenvalue weighted by atomic mass is 16.5. The monoisotopic (exact) mass is 343 g/mol. The molecular weight excluding hydrogens is 318 g/mol. The summed E-state index contributed by atoms with van der Waals surface area (Å²) in [7, 11) is 0. The molecule has 2 saturated heterocycles. The van der Waals surface area contributed by atoms with Gasteiger partial charge in [0.05, 0.1) is 18.1 Å². The van der Waals surface area contributed by atoms with Crippen LogP contribution in [0.4, 0.5) is 10.5 Å². The summed E-state index contributed by atoms with van der Waals surface area (Å²) < 4.78 is 5.94. The van der Waals surface area contributed by atoms with Crippen molar-refractivity contribution in [3.63, 3.8) is 0 Å². The van der Waals surface area contributed by atoms with Crippen LogP contribution in [-0.4, -0.2) is 48.2 Å². The number of likely N-dealkylation sites (tertiary alicyclic amines) is 1. The molecule has 1 saturated carbocycles. The zero-order valence-electron chi connectivity index (χ0n) is 14.5. The third-order valence-electron chi connectivity index (χ3n) is 5.62. The minimum atomic E-state index is -0.193. The molecule has 3 atom stereocenters. The van der Waals surface area contributed by atoms with Gasteiger partial charge in [0.15, 0.2) is 0 Å². The number of carbonyl (C=O) groups is 2. The fourth-order valence-corrected chi connectivity index (χ4v) is 3.87. The molecule has 0 radical (unpaired) electrons. The van der Waals surface area contributed by atoms with Crippen molar-refractivity contribution in [1.29, 1.82) is 0 Å². The van der Waals surface area contributed by atoms with Gasteiger partial charge in [-0.15, -0.1) is 0 Å². The predicted octanol–water partition coefficient (Wildman–Crippen LogP) is 2.28. The van der Waals surface area contributed by atoms with Gasteiger partial charge in [0.2, 0.25) is 5.91 Å². The molecule has 6 heteroatoms. The van der Waals surface area contributed by atoms with Crippen LogP contribution in [-0.2, 0) is 9.53 Å². The topological polar surface area (TPSA) is 70.7 Å². The Morgan fingerprint density at radius 3 is 2.72 bits per heavy atom. The number of ether oxygens (including phenoxy) is 1. The average molecular weight is 343 g/mol. The molecule has 25 heavy (non-hydrogen) atoms. The number of anilines is 1. The lowest BCUT2D eigenvalue weighted by atomic mass is 9.91. The highest BCUT2D eigenvalue weighted by Crippen LogP contribution is 2.33. The van der Waals surface area contributed by atoms with Crippen LogP contribution in [0.5, 0.6) is 0 Å². The van der Waals surface area contributed by atoms with Crippen molar-refractivity contribution in [2.24, 2.45) is 5.92 Å². The number of nitrogens with one attached hydrogen (secondary N) is 2. The standard InChI is InChI=1S/C19H25N3O3/c1-12-5-2-3-8-16(12)21-19(24)22-10-14-9-15(17(11-22)25-14)18(23)20-13-6-4-7-13/h2-3,5,8,13-15,17H,4,6-7,9-11H2,1H3,(H,20,23)(H,21,24)/t14-,15+,17-/m0/s1. The quantitative estimate of drug-likeness (QED) is 0.884. The van der Waals surface area contributed by atoms with Crippen LogP contribution in [0.15, 0.2) is 24.3 Å². The van der Waals surface area contributed by atoms with Crippen molar-refractivity contribution >= 4 is 17.6 Å². The first-order valence-electron chi connectivity index (χ1n) is 9.17. The van der Waals surface area contributed by atoms with Crippen molar-refractivity contribution in [2.75, 3.05) is 18.4 Å². The Labute approximate surface area is 147 Å². The van der Waals surface area contributed by atoms with Crippen molar-refractivity contribution < 1.29 is 14.3 Å². The third-order valence-corrected chi connectivity index (χ3v) is 5.62. The molecule has 134 valence electrons. The lowest BCUT2D eigenvalue weighted by molar-refractivity contribution is -0.128. The molecule has 6 nitrogen and oxygen atoms in total. The van der Waals surface area contributed by atoms with Gasteiger partial charge in [-0.3, -0.25) is 4.79 Å². The number of carbonyl (C=O) groups excluding carboxylic acids is 2. The van der Waals surface area contributed by atoms with Gasteiger partial charge in [0.1, 0.15) is 0 Å². The number of para-hydroxylation sites is 1.